The molecule has 8 heteroatoms. The topological polar surface area (TPSA) is 61.4 Å². The first-order valence-electron chi connectivity index (χ1n) is 6.27. The fourth-order valence-corrected chi connectivity index (χ4v) is 2.66. The van der Waals surface area contributed by atoms with Crippen molar-refractivity contribution in [3.05, 3.63) is 29.0 Å². The van der Waals surface area contributed by atoms with Crippen LogP contribution in [0.2, 0.25) is 5.02 Å². The smallest absolute Gasteiger partial charge is 0.301 e. The standard InChI is InChI=1S/C12H19ClFN3O2S/c1-3-15-8-5-9-17(2)20(18,19)16-11-7-4-6-10(13)12(11)14/h4,6-7,15-16H,3,5,8-9H2,1-2H3. The van der Waals surface area contributed by atoms with Crippen molar-refractivity contribution in [2.24, 2.45) is 0 Å². The molecule has 1 aromatic rings. The van der Waals surface area contributed by atoms with Gasteiger partial charge in [-0.15, -0.1) is 0 Å². The zero-order valence-corrected chi connectivity index (χ0v) is 13.1. The number of nitrogens with one attached hydrogen (secondary N) is 2. The Balaban J connectivity index is 2.67. The van der Waals surface area contributed by atoms with Gasteiger partial charge in [0, 0.05) is 13.6 Å². The summed E-state index contributed by atoms with van der Waals surface area (Å²) in [4.78, 5) is 0. The number of nitrogens with zero attached hydrogens (tertiary/aromatic N) is 1. The summed E-state index contributed by atoms with van der Waals surface area (Å²) in [5, 5.41) is 2.98. The van der Waals surface area contributed by atoms with Crippen LogP contribution in [0.1, 0.15) is 13.3 Å². The van der Waals surface area contributed by atoms with Gasteiger partial charge < -0.3 is 5.32 Å². The van der Waals surface area contributed by atoms with Gasteiger partial charge in [-0.1, -0.05) is 24.6 Å². The molecule has 0 spiro atoms. The molecule has 0 aliphatic heterocycles. The van der Waals surface area contributed by atoms with Gasteiger partial charge in [0.2, 0.25) is 0 Å². The second kappa shape index (κ2) is 7.78. The molecule has 0 saturated heterocycles. The molecule has 0 heterocycles. The normalized spacial score (nSPS) is 11.8. The number of hydrogen-bond acceptors (Lipinski definition) is 3. The first-order valence-corrected chi connectivity index (χ1v) is 8.09. The van der Waals surface area contributed by atoms with Crippen molar-refractivity contribution in [3.63, 3.8) is 0 Å². The number of benzene rings is 1. The fraction of sp³-hybridized carbons (Fsp3) is 0.500. The number of anilines is 1. The van der Waals surface area contributed by atoms with Crippen LogP contribution >= 0.6 is 11.6 Å². The highest BCUT2D eigenvalue weighted by atomic mass is 35.5. The van der Waals surface area contributed by atoms with Gasteiger partial charge in [-0.05, 0) is 31.6 Å². The van der Waals surface area contributed by atoms with Crippen molar-refractivity contribution >= 4 is 27.5 Å². The van der Waals surface area contributed by atoms with E-state index in [1.165, 1.54) is 25.2 Å². The molecule has 1 aromatic carbocycles. The highest BCUT2D eigenvalue weighted by Gasteiger charge is 2.19. The molecular weight excluding hydrogens is 305 g/mol. The summed E-state index contributed by atoms with van der Waals surface area (Å²) in [6.07, 6.45) is 0.670. The van der Waals surface area contributed by atoms with E-state index in [9.17, 15) is 12.8 Å². The first-order chi connectivity index (χ1) is 9.38. The summed E-state index contributed by atoms with van der Waals surface area (Å²) in [6, 6.07) is 4.16. The molecule has 0 atom stereocenters. The fourth-order valence-electron chi connectivity index (χ4n) is 1.52. The Morgan fingerprint density at radius 2 is 2.10 bits per heavy atom. The predicted octanol–water partition coefficient (Wildman–Crippen LogP) is 2.07. The minimum absolute atomic E-state index is 0.125. The van der Waals surface area contributed by atoms with Crippen molar-refractivity contribution in [1.82, 2.24) is 9.62 Å². The Hall–Kier alpha value is -0.890. The molecule has 20 heavy (non-hydrogen) atoms. The van der Waals surface area contributed by atoms with Gasteiger partial charge in [0.25, 0.3) is 0 Å². The number of hydrogen-bond donors (Lipinski definition) is 2. The third kappa shape index (κ3) is 4.90. The molecule has 0 aromatic heterocycles. The van der Waals surface area contributed by atoms with E-state index < -0.39 is 16.0 Å². The Morgan fingerprint density at radius 3 is 2.75 bits per heavy atom. The maximum atomic E-state index is 13.7. The summed E-state index contributed by atoms with van der Waals surface area (Å²) in [5.41, 5.74) is -0.156. The third-order valence-corrected chi connectivity index (χ3v) is 4.45. The lowest BCUT2D eigenvalue weighted by Gasteiger charge is -2.18. The summed E-state index contributed by atoms with van der Waals surface area (Å²) < 4.78 is 41.0. The lowest BCUT2D eigenvalue weighted by atomic mass is 10.3. The van der Waals surface area contributed by atoms with Gasteiger partial charge in [0.15, 0.2) is 5.82 Å². The monoisotopic (exact) mass is 323 g/mol. The van der Waals surface area contributed by atoms with Crippen LogP contribution in [0.3, 0.4) is 0 Å². The van der Waals surface area contributed by atoms with Crippen LogP contribution in [-0.2, 0) is 10.2 Å². The zero-order valence-electron chi connectivity index (χ0n) is 11.5. The lowest BCUT2D eigenvalue weighted by Crippen LogP contribution is -2.34. The first kappa shape index (κ1) is 17.2. The quantitative estimate of drug-likeness (QED) is 0.720. The van der Waals surface area contributed by atoms with Gasteiger partial charge in [-0.25, -0.2) is 4.39 Å². The molecule has 5 nitrogen and oxygen atoms in total. The predicted molar refractivity (Wildman–Crippen MR) is 79.7 cm³/mol. The summed E-state index contributed by atoms with van der Waals surface area (Å²) >= 11 is 5.61. The minimum atomic E-state index is -3.78. The minimum Gasteiger partial charge on any atom is -0.317 e. The van der Waals surface area contributed by atoms with Crippen LogP contribution in [0.15, 0.2) is 18.2 Å². The molecular formula is C12H19ClFN3O2S. The van der Waals surface area contributed by atoms with Gasteiger partial charge >= 0.3 is 10.2 Å². The second-order valence-electron chi connectivity index (χ2n) is 4.24. The highest BCUT2D eigenvalue weighted by Crippen LogP contribution is 2.23. The molecule has 0 bridgehead atoms. The molecule has 1 rings (SSSR count). The van der Waals surface area contributed by atoms with Crippen LogP contribution in [-0.4, -0.2) is 39.4 Å². The molecule has 0 aliphatic rings. The van der Waals surface area contributed by atoms with E-state index in [1.54, 1.807) is 0 Å². The van der Waals surface area contributed by atoms with E-state index in [0.717, 1.165) is 17.4 Å². The van der Waals surface area contributed by atoms with Crippen LogP contribution in [0.25, 0.3) is 0 Å². The van der Waals surface area contributed by atoms with Crippen LogP contribution < -0.4 is 10.0 Å². The number of rotatable bonds is 8. The maximum Gasteiger partial charge on any atom is 0.301 e. The van der Waals surface area contributed by atoms with Crippen LogP contribution in [0.5, 0.6) is 0 Å². The maximum absolute atomic E-state index is 13.7. The van der Waals surface area contributed by atoms with Crippen LogP contribution in [0.4, 0.5) is 10.1 Å². The summed E-state index contributed by atoms with van der Waals surface area (Å²) in [7, 11) is -2.34. The Kier molecular flexibility index (Phi) is 6.67. The molecule has 0 saturated carbocycles. The average molecular weight is 324 g/mol. The van der Waals surface area contributed by atoms with Gasteiger partial charge in [-0.3, -0.25) is 4.72 Å². The Morgan fingerprint density at radius 1 is 1.40 bits per heavy atom. The largest absolute Gasteiger partial charge is 0.317 e. The van der Waals surface area contributed by atoms with E-state index in [4.69, 9.17) is 11.6 Å². The van der Waals surface area contributed by atoms with E-state index in [-0.39, 0.29) is 10.7 Å². The van der Waals surface area contributed by atoms with Crippen LogP contribution in [0, 0.1) is 5.82 Å². The SMILES string of the molecule is CCNCCCN(C)S(=O)(=O)Nc1cccc(Cl)c1F. The van der Waals surface area contributed by atoms with Crippen molar-refractivity contribution in [1.29, 1.82) is 0 Å². The van der Waals surface area contributed by atoms with Gasteiger partial charge in [0.1, 0.15) is 0 Å². The summed E-state index contributed by atoms with van der Waals surface area (Å²) in [6.45, 7) is 3.87. The second-order valence-corrected chi connectivity index (χ2v) is 6.42. The molecule has 0 unspecified atom stereocenters. The van der Waals surface area contributed by atoms with Crippen molar-refractivity contribution in [3.8, 4) is 0 Å². The summed E-state index contributed by atoms with van der Waals surface area (Å²) in [5.74, 6) is -0.779. The van der Waals surface area contributed by atoms with E-state index in [2.05, 4.69) is 10.0 Å². The van der Waals surface area contributed by atoms with E-state index in [1.807, 2.05) is 6.92 Å². The molecule has 114 valence electrons. The van der Waals surface area contributed by atoms with Crippen molar-refractivity contribution in [2.45, 2.75) is 13.3 Å². The molecule has 0 aliphatic carbocycles. The molecule has 0 fully saturated rings. The van der Waals surface area contributed by atoms with Crippen molar-refractivity contribution < 1.29 is 12.8 Å². The Labute approximate surface area is 124 Å². The average Bonchev–Trinajstić information content (AvgIpc) is 2.39. The molecule has 0 radical (unpaired) electrons. The van der Waals surface area contributed by atoms with Crippen molar-refractivity contribution in [2.75, 3.05) is 31.4 Å². The Bertz CT molecular complexity index is 540. The van der Waals surface area contributed by atoms with E-state index in [0.29, 0.717) is 13.0 Å². The molecule has 2 N–H and O–H groups in total. The zero-order chi connectivity index (χ0) is 15.2. The lowest BCUT2D eigenvalue weighted by molar-refractivity contribution is 0.459. The van der Waals surface area contributed by atoms with Gasteiger partial charge in [0.05, 0.1) is 10.7 Å². The van der Waals surface area contributed by atoms with Gasteiger partial charge in [-0.2, -0.15) is 12.7 Å². The third-order valence-electron chi connectivity index (χ3n) is 2.68. The highest BCUT2D eigenvalue weighted by molar-refractivity contribution is 7.90. The van der Waals surface area contributed by atoms with E-state index >= 15 is 0 Å². The number of halogens is 2. The molecule has 0 amide bonds.